The van der Waals surface area contributed by atoms with E-state index in [2.05, 4.69) is 28.5 Å². The lowest BCUT2D eigenvalue weighted by molar-refractivity contribution is 0.928. The maximum Gasteiger partial charge on any atom is 0.151 e. The molecule has 1 N–H and O–H groups in total. The fourth-order valence-electron chi connectivity index (χ4n) is 1.82. The minimum atomic E-state index is 0.713. The van der Waals surface area contributed by atoms with Gasteiger partial charge in [-0.2, -0.15) is 0 Å². The van der Waals surface area contributed by atoms with Gasteiger partial charge in [-0.25, -0.2) is 4.98 Å². The Bertz CT molecular complexity index is 671. The van der Waals surface area contributed by atoms with Crippen molar-refractivity contribution in [1.29, 1.82) is 0 Å². The van der Waals surface area contributed by atoms with Crippen LogP contribution in [0.1, 0.15) is 10.6 Å². The van der Waals surface area contributed by atoms with E-state index in [0.717, 1.165) is 17.1 Å². The Morgan fingerprint density at radius 2 is 1.79 bits per heavy atom. The highest BCUT2D eigenvalue weighted by Gasteiger charge is 2.07. The number of para-hydroxylation sites is 1. The Labute approximate surface area is 121 Å². The Morgan fingerprint density at radius 1 is 1.05 bits per heavy atom. The molecular weight excluding hydrogens is 272 g/mol. The highest BCUT2D eigenvalue weighted by Crippen LogP contribution is 2.21. The molecule has 0 bridgehead atoms. The zero-order chi connectivity index (χ0) is 13.1. The molecule has 2 aromatic carbocycles. The van der Waals surface area contributed by atoms with E-state index in [0.29, 0.717) is 4.99 Å². The quantitative estimate of drug-likeness (QED) is 0.741. The monoisotopic (exact) mass is 284 g/mol. The van der Waals surface area contributed by atoms with Gasteiger partial charge in [0, 0.05) is 6.54 Å². The Balaban J connectivity index is 1.73. The van der Waals surface area contributed by atoms with Gasteiger partial charge in [-0.1, -0.05) is 54.7 Å². The molecule has 0 saturated heterocycles. The van der Waals surface area contributed by atoms with Crippen LogP contribution in [0.3, 0.4) is 0 Å². The van der Waals surface area contributed by atoms with Gasteiger partial charge in [0.2, 0.25) is 0 Å². The molecule has 3 aromatic rings. The molecule has 0 aliphatic carbocycles. The second kappa shape index (κ2) is 5.47. The first kappa shape index (κ1) is 12.3. The van der Waals surface area contributed by atoms with Gasteiger partial charge in [-0.15, -0.1) is 11.3 Å². The van der Waals surface area contributed by atoms with Gasteiger partial charge in [0.25, 0.3) is 0 Å². The first-order valence-corrected chi connectivity index (χ1v) is 7.23. The molecule has 19 heavy (non-hydrogen) atoms. The average Bonchev–Trinajstić information content (AvgIpc) is 2.90. The lowest BCUT2D eigenvalue weighted by Crippen LogP contribution is -2.21. The molecular formula is C15H12N2S2. The number of nitrogens with zero attached hydrogens (tertiary/aromatic N) is 1. The van der Waals surface area contributed by atoms with Gasteiger partial charge >= 0.3 is 0 Å². The lowest BCUT2D eigenvalue weighted by atomic mass is 10.2. The number of hydrogen-bond acceptors (Lipinski definition) is 3. The maximum absolute atomic E-state index is 5.40. The van der Waals surface area contributed by atoms with Gasteiger partial charge < -0.3 is 5.32 Å². The third-order valence-electron chi connectivity index (χ3n) is 2.78. The summed E-state index contributed by atoms with van der Waals surface area (Å²) in [5, 5.41) is 4.14. The van der Waals surface area contributed by atoms with Crippen LogP contribution in [0, 0.1) is 0 Å². The molecule has 0 radical (unpaired) electrons. The molecule has 1 aromatic heterocycles. The summed E-state index contributed by atoms with van der Waals surface area (Å²) < 4.78 is 1.17. The summed E-state index contributed by atoms with van der Waals surface area (Å²) in [5.41, 5.74) is 2.22. The second-order valence-electron chi connectivity index (χ2n) is 4.16. The Kier molecular flexibility index (Phi) is 3.53. The number of aromatic nitrogens is 1. The van der Waals surface area contributed by atoms with Crippen LogP contribution in [-0.2, 0) is 6.54 Å². The second-order valence-corrected chi connectivity index (χ2v) is 5.59. The smallest absolute Gasteiger partial charge is 0.151 e. The van der Waals surface area contributed by atoms with Crippen molar-refractivity contribution < 1.29 is 0 Å². The molecule has 0 fully saturated rings. The molecule has 4 heteroatoms. The summed E-state index contributed by atoms with van der Waals surface area (Å²) in [6, 6.07) is 18.3. The third-order valence-corrected chi connectivity index (χ3v) is 4.30. The zero-order valence-corrected chi connectivity index (χ0v) is 11.8. The molecule has 2 nitrogen and oxygen atoms in total. The number of rotatable bonds is 3. The van der Waals surface area contributed by atoms with Gasteiger partial charge in [0.05, 0.1) is 10.2 Å². The van der Waals surface area contributed by atoms with Crippen LogP contribution in [0.2, 0.25) is 0 Å². The van der Waals surface area contributed by atoms with Crippen LogP contribution in [-0.4, -0.2) is 9.97 Å². The van der Waals surface area contributed by atoms with Crippen molar-refractivity contribution in [2.24, 2.45) is 0 Å². The highest BCUT2D eigenvalue weighted by molar-refractivity contribution is 7.81. The fraction of sp³-hybridized carbons (Fsp3) is 0.0667. The number of benzene rings is 2. The van der Waals surface area contributed by atoms with E-state index in [-0.39, 0.29) is 0 Å². The standard InChI is InChI=1S/C15H12N2S2/c18-14(16-10-11-6-2-1-3-7-11)15-17-12-8-4-5-9-13(12)19-15/h1-9H,10H2,(H,16,18). The number of fused-ring (bicyclic) bond motifs is 1. The summed E-state index contributed by atoms with van der Waals surface area (Å²) in [4.78, 5) is 5.25. The molecule has 0 saturated carbocycles. The SMILES string of the molecule is S=C(NCc1ccccc1)c1nc2ccccc2s1. The van der Waals surface area contributed by atoms with E-state index < -0.39 is 0 Å². The van der Waals surface area contributed by atoms with Gasteiger partial charge in [0.1, 0.15) is 4.99 Å². The predicted octanol–water partition coefficient (Wildman–Crippen LogP) is 3.76. The minimum absolute atomic E-state index is 0.713. The van der Waals surface area contributed by atoms with E-state index in [1.165, 1.54) is 10.3 Å². The molecule has 0 aliphatic rings. The van der Waals surface area contributed by atoms with Crippen molar-refractivity contribution in [1.82, 2.24) is 10.3 Å². The molecule has 3 rings (SSSR count). The molecule has 0 amide bonds. The van der Waals surface area contributed by atoms with Crippen molar-refractivity contribution in [3.05, 3.63) is 65.2 Å². The maximum atomic E-state index is 5.40. The Hall–Kier alpha value is -1.78. The van der Waals surface area contributed by atoms with Crippen LogP contribution >= 0.6 is 23.6 Å². The van der Waals surface area contributed by atoms with Gasteiger partial charge in [-0.05, 0) is 17.7 Å². The summed E-state index contributed by atoms with van der Waals surface area (Å²) >= 11 is 7.02. The van der Waals surface area contributed by atoms with Gasteiger partial charge in [-0.3, -0.25) is 0 Å². The largest absolute Gasteiger partial charge is 0.370 e. The summed E-state index contributed by atoms with van der Waals surface area (Å²) in [7, 11) is 0. The van der Waals surface area contributed by atoms with Crippen molar-refractivity contribution in [2.45, 2.75) is 6.54 Å². The van der Waals surface area contributed by atoms with E-state index >= 15 is 0 Å². The first-order valence-electron chi connectivity index (χ1n) is 6.00. The van der Waals surface area contributed by atoms with Crippen LogP contribution in [0.25, 0.3) is 10.2 Å². The number of thiazole rings is 1. The molecule has 0 unspecified atom stereocenters. The normalized spacial score (nSPS) is 10.5. The number of nitrogens with one attached hydrogen (secondary N) is 1. The minimum Gasteiger partial charge on any atom is -0.370 e. The van der Waals surface area contributed by atoms with E-state index in [4.69, 9.17) is 12.2 Å². The predicted molar refractivity (Wildman–Crippen MR) is 84.6 cm³/mol. The third kappa shape index (κ3) is 2.80. The summed E-state index contributed by atoms with van der Waals surface area (Å²) in [6.45, 7) is 0.732. The zero-order valence-electron chi connectivity index (χ0n) is 10.2. The summed E-state index contributed by atoms with van der Waals surface area (Å²) in [6.07, 6.45) is 0. The Morgan fingerprint density at radius 3 is 2.58 bits per heavy atom. The van der Waals surface area contributed by atoms with Crippen LogP contribution in [0.5, 0.6) is 0 Å². The van der Waals surface area contributed by atoms with Crippen LogP contribution < -0.4 is 5.32 Å². The highest BCUT2D eigenvalue weighted by atomic mass is 32.1. The van der Waals surface area contributed by atoms with Crippen molar-refractivity contribution >= 4 is 38.8 Å². The average molecular weight is 284 g/mol. The molecule has 0 atom stereocenters. The molecule has 1 heterocycles. The van der Waals surface area contributed by atoms with E-state index in [1.807, 2.05) is 36.4 Å². The molecule has 0 spiro atoms. The van der Waals surface area contributed by atoms with Crippen molar-refractivity contribution in [3.8, 4) is 0 Å². The van der Waals surface area contributed by atoms with E-state index in [1.54, 1.807) is 11.3 Å². The van der Waals surface area contributed by atoms with Crippen LogP contribution in [0.4, 0.5) is 0 Å². The van der Waals surface area contributed by atoms with E-state index in [9.17, 15) is 0 Å². The topological polar surface area (TPSA) is 24.9 Å². The first-order chi connectivity index (χ1) is 9.33. The fourth-order valence-corrected chi connectivity index (χ4v) is 2.95. The number of thiocarbonyl (C=S) groups is 1. The summed E-state index contributed by atoms with van der Waals surface area (Å²) in [5.74, 6) is 0. The number of hydrogen-bond donors (Lipinski definition) is 1. The van der Waals surface area contributed by atoms with Crippen LogP contribution in [0.15, 0.2) is 54.6 Å². The van der Waals surface area contributed by atoms with Gasteiger partial charge in [0.15, 0.2) is 5.01 Å². The van der Waals surface area contributed by atoms with Crippen molar-refractivity contribution in [3.63, 3.8) is 0 Å². The molecule has 0 aliphatic heterocycles. The molecule has 94 valence electrons. The van der Waals surface area contributed by atoms with Crippen molar-refractivity contribution in [2.75, 3.05) is 0 Å². The lowest BCUT2D eigenvalue weighted by Gasteiger charge is -2.04.